The van der Waals surface area contributed by atoms with Gasteiger partial charge >= 0.3 is 0 Å². The molecule has 0 saturated heterocycles. The fourth-order valence-corrected chi connectivity index (χ4v) is 2.58. The third kappa shape index (κ3) is 5.06. The Hall–Kier alpha value is -0.590. The first-order chi connectivity index (χ1) is 8.09. The van der Waals surface area contributed by atoms with E-state index in [9.17, 15) is 5.11 Å². The first-order valence-electron chi connectivity index (χ1n) is 6.80. The van der Waals surface area contributed by atoms with Crippen LogP contribution in [0.15, 0.2) is 0 Å². The van der Waals surface area contributed by atoms with Crippen molar-refractivity contribution in [1.82, 2.24) is 5.32 Å². The molecule has 0 bridgehead atoms. The van der Waals surface area contributed by atoms with Crippen LogP contribution in [0.5, 0.6) is 0 Å². The second-order valence-corrected chi connectivity index (χ2v) is 6.04. The number of aliphatic hydroxyl groups excluding tert-OH is 1. The summed E-state index contributed by atoms with van der Waals surface area (Å²) in [6, 6.07) is 2.68. The highest BCUT2D eigenvalue weighted by atomic mass is 16.3. The molecule has 0 aromatic heterocycles. The van der Waals surface area contributed by atoms with Crippen LogP contribution in [0.3, 0.4) is 0 Å². The molecule has 0 amide bonds. The van der Waals surface area contributed by atoms with Crippen LogP contribution in [-0.4, -0.2) is 24.3 Å². The molecule has 3 heteroatoms. The topological polar surface area (TPSA) is 56.0 Å². The summed E-state index contributed by atoms with van der Waals surface area (Å²) in [4.78, 5) is 0. The van der Waals surface area contributed by atoms with Crippen molar-refractivity contribution in [3.8, 4) is 6.07 Å². The van der Waals surface area contributed by atoms with Gasteiger partial charge in [-0.1, -0.05) is 26.7 Å². The Kier molecular flexibility index (Phi) is 5.94. The zero-order valence-corrected chi connectivity index (χ0v) is 11.2. The van der Waals surface area contributed by atoms with Crippen LogP contribution in [0.1, 0.15) is 52.4 Å². The molecule has 0 aliphatic heterocycles. The molecule has 0 aromatic carbocycles. The van der Waals surface area contributed by atoms with Gasteiger partial charge in [-0.05, 0) is 30.6 Å². The molecule has 17 heavy (non-hydrogen) atoms. The predicted molar refractivity (Wildman–Crippen MR) is 69.5 cm³/mol. The van der Waals surface area contributed by atoms with Crippen LogP contribution >= 0.6 is 0 Å². The fourth-order valence-electron chi connectivity index (χ4n) is 2.58. The lowest BCUT2D eigenvalue weighted by molar-refractivity contribution is 0.143. The highest BCUT2D eigenvalue weighted by molar-refractivity contribution is 4.84. The van der Waals surface area contributed by atoms with E-state index in [-0.39, 0.29) is 5.41 Å². The van der Waals surface area contributed by atoms with E-state index in [4.69, 9.17) is 5.26 Å². The number of nitrogens with zero attached hydrogens (tertiary/aromatic N) is 1. The molecule has 2 N–H and O–H groups in total. The first kappa shape index (κ1) is 14.5. The maximum Gasteiger partial charge on any atom is 0.0621 e. The summed E-state index contributed by atoms with van der Waals surface area (Å²) in [5.74, 6) is 0.426. The van der Waals surface area contributed by atoms with Crippen LogP contribution < -0.4 is 5.32 Å². The Morgan fingerprint density at radius 1 is 1.35 bits per heavy atom. The van der Waals surface area contributed by atoms with Gasteiger partial charge in [-0.2, -0.15) is 5.26 Å². The summed E-state index contributed by atoms with van der Waals surface area (Å²) in [5, 5.41) is 21.6. The van der Waals surface area contributed by atoms with Crippen LogP contribution in [0.4, 0.5) is 0 Å². The maximum atomic E-state index is 9.35. The van der Waals surface area contributed by atoms with E-state index in [1.165, 1.54) is 19.3 Å². The van der Waals surface area contributed by atoms with Gasteiger partial charge in [0.25, 0.3) is 0 Å². The molecule has 3 nitrogen and oxygen atoms in total. The van der Waals surface area contributed by atoms with Crippen molar-refractivity contribution in [2.24, 2.45) is 11.3 Å². The van der Waals surface area contributed by atoms with E-state index < -0.39 is 0 Å². The molecule has 0 radical (unpaired) electrons. The van der Waals surface area contributed by atoms with Crippen molar-refractivity contribution >= 4 is 0 Å². The summed E-state index contributed by atoms with van der Waals surface area (Å²) in [7, 11) is 0. The standard InChI is InChI=1S/C14H26N2O/c1-14(2,8-5-9-15)11-16-13-7-4-3-6-12(13)10-17/h12-13,16-17H,3-8,10-11H2,1-2H3. The molecule has 0 spiro atoms. The van der Waals surface area contributed by atoms with Crippen molar-refractivity contribution in [2.75, 3.05) is 13.2 Å². The molecule has 1 rings (SSSR count). The molecule has 2 atom stereocenters. The molecular formula is C14H26N2O. The van der Waals surface area contributed by atoms with Crippen LogP contribution in [0, 0.1) is 22.7 Å². The Bertz CT molecular complexity index is 257. The highest BCUT2D eigenvalue weighted by Crippen LogP contribution is 2.26. The van der Waals surface area contributed by atoms with Gasteiger partial charge in [-0.15, -0.1) is 0 Å². The largest absolute Gasteiger partial charge is 0.396 e. The molecule has 0 aromatic rings. The quantitative estimate of drug-likeness (QED) is 0.747. The lowest BCUT2D eigenvalue weighted by Gasteiger charge is -2.34. The molecule has 0 heterocycles. The Morgan fingerprint density at radius 2 is 2.06 bits per heavy atom. The third-order valence-corrected chi connectivity index (χ3v) is 3.90. The number of nitriles is 1. The Balaban J connectivity index is 2.35. The monoisotopic (exact) mass is 238 g/mol. The summed E-state index contributed by atoms with van der Waals surface area (Å²) in [6.07, 6.45) is 6.41. The van der Waals surface area contributed by atoms with Crippen molar-refractivity contribution < 1.29 is 5.11 Å². The average Bonchev–Trinajstić information content (AvgIpc) is 2.34. The molecule has 1 fully saturated rings. The lowest BCUT2D eigenvalue weighted by atomic mass is 9.83. The molecule has 1 aliphatic carbocycles. The van der Waals surface area contributed by atoms with Gasteiger partial charge in [0.15, 0.2) is 0 Å². The number of rotatable bonds is 6. The van der Waals surface area contributed by atoms with Gasteiger partial charge in [-0.3, -0.25) is 0 Å². The number of nitrogens with one attached hydrogen (secondary N) is 1. The SMILES string of the molecule is CC(C)(CCC#N)CNC1CCCCC1CO. The van der Waals surface area contributed by atoms with Gasteiger partial charge in [0.1, 0.15) is 0 Å². The van der Waals surface area contributed by atoms with Gasteiger partial charge in [0.05, 0.1) is 6.07 Å². The van der Waals surface area contributed by atoms with E-state index in [0.717, 1.165) is 19.4 Å². The van der Waals surface area contributed by atoms with Crippen molar-refractivity contribution in [3.63, 3.8) is 0 Å². The summed E-state index contributed by atoms with van der Waals surface area (Å²) < 4.78 is 0. The normalized spacial score (nSPS) is 25.5. The number of hydrogen-bond acceptors (Lipinski definition) is 3. The number of aliphatic hydroxyl groups is 1. The molecule has 1 saturated carbocycles. The maximum absolute atomic E-state index is 9.35. The first-order valence-corrected chi connectivity index (χ1v) is 6.80. The molecular weight excluding hydrogens is 212 g/mol. The van der Waals surface area contributed by atoms with Gasteiger partial charge in [0.2, 0.25) is 0 Å². The smallest absolute Gasteiger partial charge is 0.0621 e. The second kappa shape index (κ2) is 6.98. The highest BCUT2D eigenvalue weighted by Gasteiger charge is 2.26. The van der Waals surface area contributed by atoms with E-state index in [2.05, 4.69) is 25.2 Å². The van der Waals surface area contributed by atoms with Gasteiger partial charge in [0, 0.05) is 25.6 Å². The van der Waals surface area contributed by atoms with E-state index >= 15 is 0 Å². The molecule has 1 aliphatic rings. The Labute approximate surface area is 105 Å². The van der Waals surface area contributed by atoms with Crippen LogP contribution in [0.2, 0.25) is 0 Å². The summed E-state index contributed by atoms with van der Waals surface area (Å²) >= 11 is 0. The van der Waals surface area contributed by atoms with Crippen molar-refractivity contribution in [3.05, 3.63) is 0 Å². The molecule has 2 unspecified atom stereocenters. The third-order valence-electron chi connectivity index (χ3n) is 3.90. The average molecular weight is 238 g/mol. The van der Waals surface area contributed by atoms with Crippen molar-refractivity contribution in [2.45, 2.75) is 58.4 Å². The van der Waals surface area contributed by atoms with Crippen molar-refractivity contribution in [1.29, 1.82) is 5.26 Å². The van der Waals surface area contributed by atoms with Gasteiger partial charge in [-0.25, -0.2) is 0 Å². The van der Waals surface area contributed by atoms with Crippen LogP contribution in [-0.2, 0) is 0 Å². The minimum atomic E-state index is 0.174. The number of hydrogen-bond donors (Lipinski definition) is 2. The minimum Gasteiger partial charge on any atom is -0.396 e. The fraction of sp³-hybridized carbons (Fsp3) is 0.929. The van der Waals surface area contributed by atoms with Crippen LogP contribution in [0.25, 0.3) is 0 Å². The summed E-state index contributed by atoms with van der Waals surface area (Å²) in [6.45, 7) is 5.65. The molecule has 98 valence electrons. The summed E-state index contributed by atoms with van der Waals surface area (Å²) in [5.41, 5.74) is 0.174. The zero-order valence-electron chi connectivity index (χ0n) is 11.2. The van der Waals surface area contributed by atoms with Gasteiger partial charge < -0.3 is 10.4 Å². The second-order valence-electron chi connectivity index (χ2n) is 6.04. The Morgan fingerprint density at radius 3 is 2.71 bits per heavy atom. The minimum absolute atomic E-state index is 0.174. The van der Waals surface area contributed by atoms with E-state index in [0.29, 0.717) is 25.0 Å². The van der Waals surface area contributed by atoms with E-state index in [1.54, 1.807) is 0 Å². The lowest BCUT2D eigenvalue weighted by Crippen LogP contribution is -2.44. The predicted octanol–water partition coefficient (Wildman–Crippen LogP) is 2.46. The zero-order chi connectivity index (χ0) is 12.7. The van der Waals surface area contributed by atoms with E-state index in [1.807, 2.05) is 0 Å².